The van der Waals surface area contributed by atoms with Gasteiger partial charge in [0.15, 0.2) is 0 Å². The number of fused-ring (bicyclic) bond motifs is 1. The van der Waals surface area contributed by atoms with Gasteiger partial charge in [0.1, 0.15) is 5.01 Å². The van der Waals surface area contributed by atoms with Crippen molar-refractivity contribution in [3.05, 3.63) is 51.0 Å². The second-order valence-electron chi connectivity index (χ2n) is 4.94. The van der Waals surface area contributed by atoms with Gasteiger partial charge in [-0.2, -0.15) is 0 Å². The first kappa shape index (κ1) is 13.3. The first-order valence-electron chi connectivity index (χ1n) is 6.75. The number of carbonyl (C=O) groups excluding carboxylic acids is 1. The third kappa shape index (κ3) is 2.73. The Morgan fingerprint density at radius 3 is 3.20 bits per heavy atom. The Labute approximate surface area is 122 Å². The molecule has 0 saturated heterocycles. The highest BCUT2D eigenvalue weighted by Gasteiger charge is 2.17. The van der Waals surface area contributed by atoms with Crippen LogP contribution in [0.15, 0.2) is 23.6 Å². The molecule has 1 amide bonds. The molecular weight excluding hydrogens is 270 g/mol. The summed E-state index contributed by atoms with van der Waals surface area (Å²) in [5.74, 6) is -0.00315. The second-order valence-corrected chi connectivity index (χ2v) is 5.88. The van der Waals surface area contributed by atoms with Crippen molar-refractivity contribution in [2.75, 3.05) is 6.54 Å². The van der Waals surface area contributed by atoms with Crippen LogP contribution in [-0.4, -0.2) is 17.4 Å². The number of amides is 1. The lowest BCUT2D eigenvalue weighted by Gasteiger charge is -2.19. The summed E-state index contributed by atoms with van der Waals surface area (Å²) in [5.41, 5.74) is 4.22. The van der Waals surface area contributed by atoms with Crippen molar-refractivity contribution < 1.29 is 4.79 Å². The molecule has 1 aliphatic rings. The lowest BCUT2D eigenvalue weighted by Crippen LogP contribution is -2.29. The summed E-state index contributed by atoms with van der Waals surface area (Å²) in [4.78, 5) is 16.7. The molecule has 2 N–H and O–H groups in total. The Morgan fingerprint density at radius 1 is 1.50 bits per heavy atom. The first-order chi connectivity index (χ1) is 9.74. The molecule has 0 atom stereocenters. The molecule has 0 fully saturated rings. The van der Waals surface area contributed by atoms with Crippen LogP contribution in [0.4, 0.5) is 0 Å². The van der Waals surface area contributed by atoms with E-state index in [4.69, 9.17) is 0 Å². The minimum absolute atomic E-state index is 0.00315. The molecule has 1 aromatic carbocycles. The Kier molecular flexibility index (Phi) is 3.80. The Bertz CT molecular complexity index is 636. The average Bonchev–Trinajstić information content (AvgIpc) is 2.90. The molecule has 2 aromatic rings. The Hall–Kier alpha value is -1.72. The molecule has 2 heterocycles. The van der Waals surface area contributed by atoms with E-state index in [1.54, 1.807) is 11.3 Å². The predicted octanol–water partition coefficient (Wildman–Crippen LogP) is 2.03. The van der Waals surface area contributed by atoms with E-state index < -0.39 is 0 Å². The minimum atomic E-state index is -0.00315. The zero-order chi connectivity index (χ0) is 13.9. The largest absolute Gasteiger partial charge is 0.346 e. The molecule has 104 valence electrons. The van der Waals surface area contributed by atoms with Gasteiger partial charge in [0.25, 0.3) is 5.91 Å². The van der Waals surface area contributed by atoms with E-state index in [1.165, 1.54) is 11.1 Å². The van der Waals surface area contributed by atoms with E-state index in [2.05, 4.69) is 21.7 Å². The standard InChI is InChI=1S/C15H17N3OS/c1-10-9-20-14(18-10)8-17-15(19)13-4-2-3-11-7-16-6-5-12(11)13/h2-4,9,16H,5-8H2,1H3,(H,17,19). The fourth-order valence-corrected chi connectivity index (χ4v) is 3.19. The fraction of sp³-hybridized carbons (Fsp3) is 0.333. The van der Waals surface area contributed by atoms with Crippen LogP contribution in [0.1, 0.15) is 32.2 Å². The highest BCUT2D eigenvalue weighted by molar-refractivity contribution is 7.09. The number of nitrogens with zero attached hydrogens (tertiary/aromatic N) is 1. The van der Waals surface area contributed by atoms with Gasteiger partial charge in [-0.1, -0.05) is 12.1 Å². The van der Waals surface area contributed by atoms with Gasteiger partial charge in [-0.25, -0.2) is 4.98 Å². The fourth-order valence-electron chi connectivity index (χ4n) is 2.48. The molecule has 0 unspecified atom stereocenters. The van der Waals surface area contributed by atoms with Crippen LogP contribution in [0, 0.1) is 6.92 Å². The number of hydrogen-bond acceptors (Lipinski definition) is 4. The van der Waals surface area contributed by atoms with Crippen molar-refractivity contribution in [1.29, 1.82) is 0 Å². The highest BCUT2D eigenvalue weighted by Crippen LogP contribution is 2.19. The van der Waals surface area contributed by atoms with E-state index in [0.717, 1.165) is 35.8 Å². The smallest absolute Gasteiger partial charge is 0.251 e. The molecule has 3 rings (SSSR count). The van der Waals surface area contributed by atoms with E-state index in [1.807, 2.05) is 24.4 Å². The van der Waals surface area contributed by atoms with Crippen molar-refractivity contribution in [1.82, 2.24) is 15.6 Å². The number of aryl methyl sites for hydroxylation is 1. The summed E-state index contributed by atoms with van der Waals surface area (Å²) in [5, 5.41) is 9.24. The first-order valence-corrected chi connectivity index (χ1v) is 7.62. The number of hydrogen-bond donors (Lipinski definition) is 2. The maximum absolute atomic E-state index is 12.3. The summed E-state index contributed by atoms with van der Waals surface area (Å²) in [6.07, 6.45) is 0.912. The third-order valence-electron chi connectivity index (χ3n) is 3.45. The zero-order valence-electron chi connectivity index (χ0n) is 11.4. The zero-order valence-corrected chi connectivity index (χ0v) is 12.2. The quantitative estimate of drug-likeness (QED) is 0.908. The maximum Gasteiger partial charge on any atom is 0.251 e. The number of nitrogens with one attached hydrogen (secondary N) is 2. The van der Waals surface area contributed by atoms with Crippen LogP contribution in [0.3, 0.4) is 0 Å². The molecule has 0 radical (unpaired) electrons. The van der Waals surface area contributed by atoms with Gasteiger partial charge in [-0.3, -0.25) is 4.79 Å². The number of aromatic nitrogens is 1. The molecule has 0 spiro atoms. The molecule has 20 heavy (non-hydrogen) atoms. The summed E-state index contributed by atoms with van der Waals surface area (Å²) >= 11 is 1.58. The van der Waals surface area contributed by atoms with Crippen LogP contribution >= 0.6 is 11.3 Å². The summed E-state index contributed by atoms with van der Waals surface area (Å²) in [7, 11) is 0. The number of thiazole rings is 1. The highest BCUT2D eigenvalue weighted by atomic mass is 32.1. The van der Waals surface area contributed by atoms with Crippen LogP contribution < -0.4 is 10.6 Å². The maximum atomic E-state index is 12.3. The van der Waals surface area contributed by atoms with E-state index in [-0.39, 0.29) is 5.91 Å². The number of benzene rings is 1. The van der Waals surface area contributed by atoms with Gasteiger partial charge in [-0.15, -0.1) is 11.3 Å². The van der Waals surface area contributed by atoms with Gasteiger partial charge in [0.2, 0.25) is 0 Å². The average molecular weight is 287 g/mol. The van der Waals surface area contributed by atoms with Crippen molar-refractivity contribution in [3.63, 3.8) is 0 Å². The molecule has 0 aliphatic carbocycles. The Morgan fingerprint density at radius 2 is 2.40 bits per heavy atom. The molecule has 1 aliphatic heterocycles. The second kappa shape index (κ2) is 5.73. The third-order valence-corrected chi connectivity index (χ3v) is 4.42. The van der Waals surface area contributed by atoms with Crippen LogP contribution in [0.5, 0.6) is 0 Å². The predicted molar refractivity (Wildman–Crippen MR) is 79.9 cm³/mol. The van der Waals surface area contributed by atoms with E-state index in [9.17, 15) is 4.79 Å². The molecule has 5 heteroatoms. The molecule has 1 aromatic heterocycles. The Balaban J connectivity index is 1.74. The molecule has 4 nitrogen and oxygen atoms in total. The molecule has 0 saturated carbocycles. The van der Waals surface area contributed by atoms with Gasteiger partial charge < -0.3 is 10.6 Å². The lowest BCUT2D eigenvalue weighted by molar-refractivity contribution is 0.0949. The molecule has 0 bridgehead atoms. The SMILES string of the molecule is Cc1csc(CNC(=O)c2cccc3c2CCNC3)n1. The lowest BCUT2D eigenvalue weighted by atomic mass is 9.95. The number of rotatable bonds is 3. The van der Waals surface area contributed by atoms with E-state index in [0.29, 0.717) is 6.54 Å². The van der Waals surface area contributed by atoms with Gasteiger partial charge in [0.05, 0.1) is 6.54 Å². The summed E-state index contributed by atoms with van der Waals surface area (Å²) in [6.45, 7) is 4.24. The number of carbonyl (C=O) groups is 1. The molecular formula is C15H17N3OS. The van der Waals surface area contributed by atoms with E-state index >= 15 is 0 Å². The van der Waals surface area contributed by atoms with Crippen LogP contribution in [0.2, 0.25) is 0 Å². The summed E-state index contributed by atoms with van der Waals surface area (Å²) in [6, 6.07) is 5.95. The topological polar surface area (TPSA) is 54.0 Å². The van der Waals surface area contributed by atoms with Crippen molar-refractivity contribution in [2.45, 2.75) is 26.4 Å². The van der Waals surface area contributed by atoms with Crippen molar-refractivity contribution in [2.24, 2.45) is 0 Å². The van der Waals surface area contributed by atoms with Crippen LogP contribution in [0.25, 0.3) is 0 Å². The monoisotopic (exact) mass is 287 g/mol. The summed E-state index contributed by atoms with van der Waals surface area (Å²) < 4.78 is 0. The van der Waals surface area contributed by atoms with Gasteiger partial charge in [-0.05, 0) is 37.1 Å². The normalized spacial score (nSPS) is 13.8. The van der Waals surface area contributed by atoms with Gasteiger partial charge in [0, 0.05) is 23.2 Å². The van der Waals surface area contributed by atoms with Crippen molar-refractivity contribution >= 4 is 17.2 Å². The van der Waals surface area contributed by atoms with Crippen molar-refractivity contribution in [3.8, 4) is 0 Å². The minimum Gasteiger partial charge on any atom is -0.346 e. The van der Waals surface area contributed by atoms with Crippen LogP contribution in [-0.2, 0) is 19.5 Å². The van der Waals surface area contributed by atoms with Gasteiger partial charge >= 0.3 is 0 Å².